The number of rotatable bonds is 3. The third-order valence-corrected chi connectivity index (χ3v) is 2.23. The van der Waals surface area contributed by atoms with E-state index in [4.69, 9.17) is 17.3 Å². The van der Waals surface area contributed by atoms with Crippen LogP contribution in [0.25, 0.3) is 0 Å². The topological polar surface area (TPSA) is 26.0 Å². The lowest BCUT2D eigenvalue weighted by Crippen LogP contribution is -2.40. The number of nitrogens with two attached hydrogens (primary N) is 1. The molecule has 0 fully saturated rings. The molecule has 0 aliphatic heterocycles. The van der Waals surface area contributed by atoms with E-state index in [1.807, 2.05) is 0 Å². The standard InChI is InChI=1S/C10H12ClF2N/c1-10(12,13)9(14)6-7-3-2-4-8(11)5-7/h2-5,9H,6,14H2,1H3. The Bertz CT molecular complexity index is 309. The zero-order valence-electron chi connectivity index (χ0n) is 7.81. The van der Waals surface area contributed by atoms with E-state index in [1.165, 1.54) is 0 Å². The number of halogens is 3. The smallest absolute Gasteiger partial charge is 0.260 e. The van der Waals surface area contributed by atoms with Gasteiger partial charge in [-0.2, -0.15) is 0 Å². The minimum absolute atomic E-state index is 0.129. The minimum atomic E-state index is -2.86. The third-order valence-electron chi connectivity index (χ3n) is 2.00. The molecule has 0 amide bonds. The second-order valence-corrected chi connectivity index (χ2v) is 3.83. The second-order valence-electron chi connectivity index (χ2n) is 3.40. The Morgan fingerprint density at radius 1 is 1.50 bits per heavy atom. The Balaban J connectivity index is 2.70. The van der Waals surface area contributed by atoms with Crippen LogP contribution in [0.3, 0.4) is 0 Å². The van der Waals surface area contributed by atoms with Crippen LogP contribution in [0.4, 0.5) is 8.78 Å². The lowest BCUT2D eigenvalue weighted by molar-refractivity contribution is -0.00513. The molecule has 1 nitrogen and oxygen atoms in total. The van der Waals surface area contributed by atoms with E-state index in [0.29, 0.717) is 5.02 Å². The molecule has 0 aliphatic rings. The van der Waals surface area contributed by atoms with Crippen molar-refractivity contribution in [3.8, 4) is 0 Å². The highest BCUT2D eigenvalue weighted by atomic mass is 35.5. The molecule has 0 saturated heterocycles. The van der Waals surface area contributed by atoms with Gasteiger partial charge in [-0.05, 0) is 24.1 Å². The van der Waals surface area contributed by atoms with Gasteiger partial charge in [0.05, 0.1) is 6.04 Å². The van der Waals surface area contributed by atoms with Crippen LogP contribution in [0.1, 0.15) is 12.5 Å². The first-order valence-electron chi connectivity index (χ1n) is 4.27. The molecule has 0 heterocycles. The summed E-state index contributed by atoms with van der Waals surface area (Å²) in [5.74, 6) is -2.86. The molecule has 0 saturated carbocycles. The highest BCUT2D eigenvalue weighted by Crippen LogP contribution is 2.20. The maximum atomic E-state index is 12.7. The molecule has 1 atom stereocenters. The predicted molar refractivity (Wildman–Crippen MR) is 53.8 cm³/mol. The molecule has 0 bridgehead atoms. The molecular formula is C10H12ClF2N. The van der Waals surface area contributed by atoms with Crippen LogP contribution < -0.4 is 5.73 Å². The molecule has 4 heteroatoms. The van der Waals surface area contributed by atoms with Crippen molar-refractivity contribution in [3.05, 3.63) is 34.9 Å². The zero-order chi connectivity index (χ0) is 10.8. The van der Waals surface area contributed by atoms with Crippen LogP contribution in [0, 0.1) is 0 Å². The fraction of sp³-hybridized carbons (Fsp3) is 0.400. The van der Waals surface area contributed by atoms with Gasteiger partial charge in [0.1, 0.15) is 0 Å². The fourth-order valence-corrected chi connectivity index (χ4v) is 1.31. The lowest BCUT2D eigenvalue weighted by Gasteiger charge is -2.19. The third kappa shape index (κ3) is 3.24. The number of hydrogen-bond acceptors (Lipinski definition) is 1. The van der Waals surface area contributed by atoms with E-state index < -0.39 is 12.0 Å². The lowest BCUT2D eigenvalue weighted by atomic mass is 10.0. The Kier molecular flexibility index (Phi) is 3.45. The van der Waals surface area contributed by atoms with Crippen molar-refractivity contribution < 1.29 is 8.78 Å². The summed E-state index contributed by atoms with van der Waals surface area (Å²) in [5.41, 5.74) is 6.07. The molecule has 0 aromatic heterocycles. The van der Waals surface area contributed by atoms with Gasteiger partial charge in [0.25, 0.3) is 5.92 Å². The Labute approximate surface area is 86.9 Å². The summed E-state index contributed by atoms with van der Waals surface area (Å²) >= 11 is 5.71. The van der Waals surface area contributed by atoms with Crippen LogP contribution in [0.2, 0.25) is 5.02 Å². The van der Waals surface area contributed by atoms with Gasteiger partial charge >= 0.3 is 0 Å². The van der Waals surface area contributed by atoms with E-state index in [0.717, 1.165) is 12.5 Å². The van der Waals surface area contributed by atoms with Gasteiger partial charge in [0, 0.05) is 11.9 Å². The zero-order valence-corrected chi connectivity index (χ0v) is 8.56. The van der Waals surface area contributed by atoms with Gasteiger partial charge in [-0.1, -0.05) is 23.7 Å². The van der Waals surface area contributed by atoms with Gasteiger partial charge in [0.15, 0.2) is 0 Å². The normalized spacial score (nSPS) is 14.1. The predicted octanol–water partition coefficient (Wildman–Crippen LogP) is 2.87. The van der Waals surface area contributed by atoms with Crippen molar-refractivity contribution in [1.29, 1.82) is 0 Å². The van der Waals surface area contributed by atoms with Gasteiger partial charge in [-0.3, -0.25) is 0 Å². The van der Waals surface area contributed by atoms with Crippen molar-refractivity contribution in [2.75, 3.05) is 0 Å². The molecule has 78 valence electrons. The van der Waals surface area contributed by atoms with Crippen LogP contribution in [0.15, 0.2) is 24.3 Å². The summed E-state index contributed by atoms with van der Waals surface area (Å²) in [6.07, 6.45) is 0.129. The van der Waals surface area contributed by atoms with Crippen LogP contribution in [-0.2, 0) is 6.42 Å². The van der Waals surface area contributed by atoms with Crippen molar-refractivity contribution >= 4 is 11.6 Å². The second kappa shape index (κ2) is 4.24. The molecule has 0 radical (unpaired) electrons. The SMILES string of the molecule is CC(F)(F)C(N)Cc1cccc(Cl)c1. The highest BCUT2D eigenvalue weighted by Gasteiger charge is 2.30. The van der Waals surface area contributed by atoms with E-state index >= 15 is 0 Å². The summed E-state index contributed by atoms with van der Waals surface area (Å²) in [5, 5.41) is 0.536. The van der Waals surface area contributed by atoms with E-state index in [2.05, 4.69) is 0 Å². The van der Waals surface area contributed by atoms with E-state index in [9.17, 15) is 8.78 Å². The summed E-state index contributed by atoms with van der Waals surface area (Å²) in [6, 6.07) is 5.63. The van der Waals surface area contributed by atoms with Crippen molar-refractivity contribution in [2.24, 2.45) is 5.73 Å². The maximum Gasteiger partial charge on any atom is 0.260 e. The van der Waals surface area contributed by atoms with Crippen LogP contribution in [-0.4, -0.2) is 12.0 Å². The van der Waals surface area contributed by atoms with Crippen LogP contribution >= 0.6 is 11.6 Å². The van der Waals surface area contributed by atoms with Gasteiger partial charge in [0.2, 0.25) is 0 Å². The fourth-order valence-electron chi connectivity index (χ4n) is 1.10. The van der Waals surface area contributed by atoms with Crippen molar-refractivity contribution in [2.45, 2.75) is 25.3 Å². The molecule has 1 unspecified atom stereocenters. The number of benzene rings is 1. The minimum Gasteiger partial charge on any atom is -0.322 e. The maximum absolute atomic E-state index is 12.7. The van der Waals surface area contributed by atoms with E-state index in [-0.39, 0.29) is 6.42 Å². The van der Waals surface area contributed by atoms with Crippen LogP contribution in [0.5, 0.6) is 0 Å². The molecule has 0 aliphatic carbocycles. The van der Waals surface area contributed by atoms with E-state index in [1.54, 1.807) is 24.3 Å². The summed E-state index contributed by atoms with van der Waals surface area (Å²) < 4.78 is 25.5. The molecule has 1 aromatic carbocycles. The Morgan fingerprint density at radius 3 is 2.64 bits per heavy atom. The first-order valence-corrected chi connectivity index (χ1v) is 4.65. The number of alkyl halides is 2. The molecule has 2 N–H and O–H groups in total. The average molecular weight is 220 g/mol. The summed E-state index contributed by atoms with van der Waals surface area (Å²) in [4.78, 5) is 0. The Morgan fingerprint density at radius 2 is 2.14 bits per heavy atom. The largest absolute Gasteiger partial charge is 0.322 e. The molecule has 1 aromatic rings. The monoisotopic (exact) mass is 219 g/mol. The first kappa shape index (κ1) is 11.4. The molecule has 14 heavy (non-hydrogen) atoms. The molecular weight excluding hydrogens is 208 g/mol. The average Bonchev–Trinajstić information content (AvgIpc) is 2.02. The number of hydrogen-bond donors (Lipinski definition) is 1. The molecule has 1 rings (SSSR count). The molecule has 0 spiro atoms. The highest BCUT2D eigenvalue weighted by molar-refractivity contribution is 6.30. The van der Waals surface area contributed by atoms with Gasteiger partial charge < -0.3 is 5.73 Å². The Hall–Kier alpha value is -0.670. The van der Waals surface area contributed by atoms with Crippen molar-refractivity contribution in [1.82, 2.24) is 0 Å². The van der Waals surface area contributed by atoms with Crippen molar-refractivity contribution in [3.63, 3.8) is 0 Å². The summed E-state index contributed by atoms with van der Waals surface area (Å²) in [7, 11) is 0. The summed E-state index contributed by atoms with van der Waals surface area (Å²) in [6.45, 7) is 0.822. The van der Waals surface area contributed by atoms with Gasteiger partial charge in [-0.25, -0.2) is 8.78 Å². The quantitative estimate of drug-likeness (QED) is 0.831. The van der Waals surface area contributed by atoms with Gasteiger partial charge in [-0.15, -0.1) is 0 Å². The first-order chi connectivity index (χ1) is 6.39.